The van der Waals surface area contributed by atoms with Crippen molar-refractivity contribution in [3.05, 3.63) is 123 Å². The van der Waals surface area contributed by atoms with Gasteiger partial charge in [-0.05, 0) is 24.1 Å². The molecule has 0 radical (unpaired) electrons. The zero-order valence-corrected chi connectivity index (χ0v) is 24.9. The van der Waals surface area contributed by atoms with Crippen LogP contribution in [0.4, 0.5) is 0 Å². The lowest BCUT2D eigenvalue weighted by atomic mass is 9.98. The number of phenols is 1. The normalized spacial score (nSPS) is 11.2. The molecular weight excluding hydrogens is 588 g/mol. The zero-order valence-electron chi connectivity index (χ0n) is 24.9. The van der Waals surface area contributed by atoms with E-state index in [1.165, 1.54) is 6.07 Å². The Morgan fingerprint density at radius 3 is 2.22 bits per heavy atom. The van der Waals surface area contributed by atoms with Gasteiger partial charge in [0.25, 0.3) is 0 Å². The smallest absolute Gasteiger partial charge is 0.371 e. The number of carbonyl (C=O) groups is 1. The molecule has 232 valence electrons. The van der Waals surface area contributed by atoms with E-state index >= 15 is 0 Å². The van der Waals surface area contributed by atoms with Crippen molar-refractivity contribution in [2.75, 3.05) is 13.2 Å². The minimum absolute atomic E-state index is 0.0617. The van der Waals surface area contributed by atoms with Crippen LogP contribution in [0.2, 0.25) is 0 Å². The van der Waals surface area contributed by atoms with E-state index in [0.29, 0.717) is 52.2 Å². The standard InChI is InChI=1S/C37H30O9/c1-2-10-26-29(16-15-25-27(38)21-31(37(41)42)46-36(25)26)44-18-9-17-43-24-19-28(39)33-30(20-24)45-35(23-13-7-4-8-14-23)32(34(33)40)22-11-5-3-6-12-22/h3-8,11-16,19-21,39H,2,9-10,17-18H2,1H3,(H,41,42). The summed E-state index contributed by atoms with van der Waals surface area (Å²) in [5.41, 5.74) is 1.99. The van der Waals surface area contributed by atoms with Crippen LogP contribution in [-0.4, -0.2) is 29.4 Å². The van der Waals surface area contributed by atoms with Crippen LogP contribution in [0.1, 0.15) is 35.9 Å². The molecule has 6 aromatic rings. The molecule has 0 aliphatic carbocycles. The van der Waals surface area contributed by atoms with E-state index in [-0.39, 0.29) is 40.9 Å². The van der Waals surface area contributed by atoms with E-state index in [1.54, 1.807) is 18.2 Å². The molecule has 2 N–H and O–H groups in total. The van der Waals surface area contributed by atoms with Crippen LogP contribution in [0.25, 0.3) is 44.4 Å². The lowest BCUT2D eigenvalue weighted by Gasteiger charge is -2.14. The predicted octanol–water partition coefficient (Wildman–Crippen LogP) is 7.44. The summed E-state index contributed by atoms with van der Waals surface area (Å²) in [5, 5.41) is 20.6. The number of rotatable bonds is 11. The fraction of sp³-hybridized carbons (Fsp3) is 0.162. The Morgan fingerprint density at radius 2 is 1.52 bits per heavy atom. The van der Waals surface area contributed by atoms with Crippen molar-refractivity contribution in [2.45, 2.75) is 26.2 Å². The average molecular weight is 619 g/mol. The van der Waals surface area contributed by atoms with E-state index in [9.17, 15) is 24.6 Å². The zero-order chi connectivity index (χ0) is 32.2. The first-order valence-corrected chi connectivity index (χ1v) is 14.9. The topological polar surface area (TPSA) is 136 Å². The SMILES string of the molecule is CCCc1c(OCCCOc2cc(O)c3c(=O)c(-c4ccccc4)c(-c4ccccc4)oc3c2)ccc2c(=O)cc(C(=O)O)oc12. The third-order valence-corrected chi connectivity index (χ3v) is 7.53. The fourth-order valence-corrected chi connectivity index (χ4v) is 5.43. The van der Waals surface area contributed by atoms with Gasteiger partial charge in [-0.15, -0.1) is 0 Å². The molecule has 0 atom stereocenters. The molecular formula is C37H30O9. The third kappa shape index (κ3) is 5.95. The van der Waals surface area contributed by atoms with E-state index in [2.05, 4.69) is 0 Å². The van der Waals surface area contributed by atoms with Gasteiger partial charge >= 0.3 is 5.97 Å². The molecule has 0 fully saturated rings. The van der Waals surface area contributed by atoms with Gasteiger partial charge in [0.05, 0.1) is 24.2 Å². The Balaban J connectivity index is 1.23. The molecule has 0 amide bonds. The number of phenolic OH excluding ortho intramolecular Hbond substituents is 1. The summed E-state index contributed by atoms with van der Waals surface area (Å²) < 4.78 is 23.8. The van der Waals surface area contributed by atoms with E-state index < -0.39 is 17.2 Å². The van der Waals surface area contributed by atoms with Crippen molar-refractivity contribution < 1.29 is 33.3 Å². The summed E-state index contributed by atoms with van der Waals surface area (Å²) in [6, 6.07) is 25.7. The Kier molecular flexibility index (Phi) is 8.56. The number of aromatic carboxylic acids is 1. The van der Waals surface area contributed by atoms with Crippen LogP contribution in [0.5, 0.6) is 17.2 Å². The second kappa shape index (κ2) is 13.0. The van der Waals surface area contributed by atoms with Crippen LogP contribution < -0.4 is 20.3 Å². The monoisotopic (exact) mass is 618 g/mol. The number of carboxylic acid groups (broad SMARTS) is 1. The molecule has 0 unspecified atom stereocenters. The van der Waals surface area contributed by atoms with Gasteiger partial charge in [0.15, 0.2) is 5.43 Å². The Hall–Kier alpha value is -5.83. The van der Waals surface area contributed by atoms with Crippen LogP contribution >= 0.6 is 0 Å². The molecule has 0 aliphatic heterocycles. The first-order chi connectivity index (χ1) is 22.4. The highest BCUT2D eigenvalue weighted by Gasteiger charge is 2.21. The molecule has 0 saturated carbocycles. The van der Waals surface area contributed by atoms with Gasteiger partial charge in [0.2, 0.25) is 11.2 Å². The summed E-state index contributed by atoms with van der Waals surface area (Å²) in [6.07, 6.45) is 1.70. The molecule has 0 aliphatic rings. The fourth-order valence-electron chi connectivity index (χ4n) is 5.43. The number of aryl methyl sites for hydroxylation is 1. The molecule has 6 rings (SSSR count). The second-order valence-electron chi connectivity index (χ2n) is 10.7. The number of hydrogen-bond acceptors (Lipinski definition) is 8. The molecule has 46 heavy (non-hydrogen) atoms. The molecule has 9 nitrogen and oxygen atoms in total. The summed E-state index contributed by atoms with van der Waals surface area (Å²) in [6.45, 7) is 2.43. The summed E-state index contributed by atoms with van der Waals surface area (Å²) >= 11 is 0. The minimum Gasteiger partial charge on any atom is -0.507 e. The largest absolute Gasteiger partial charge is 0.507 e. The van der Waals surface area contributed by atoms with Gasteiger partial charge in [-0.3, -0.25) is 9.59 Å². The van der Waals surface area contributed by atoms with Gasteiger partial charge in [-0.25, -0.2) is 4.79 Å². The van der Waals surface area contributed by atoms with Crippen LogP contribution in [-0.2, 0) is 6.42 Å². The maximum atomic E-state index is 13.8. The molecule has 0 saturated heterocycles. The first-order valence-electron chi connectivity index (χ1n) is 14.9. The van der Waals surface area contributed by atoms with Gasteiger partial charge in [-0.2, -0.15) is 0 Å². The van der Waals surface area contributed by atoms with Crippen LogP contribution in [0.15, 0.2) is 109 Å². The molecule has 4 aromatic carbocycles. The summed E-state index contributed by atoms with van der Waals surface area (Å²) in [7, 11) is 0. The van der Waals surface area contributed by atoms with E-state index in [4.69, 9.17) is 18.3 Å². The first kappa shape index (κ1) is 30.2. The summed E-state index contributed by atoms with van der Waals surface area (Å²) in [5.74, 6) is -0.803. The van der Waals surface area contributed by atoms with E-state index in [1.807, 2.05) is 67.6 Å². The van der Waals surface area contributed by atoms with Gasteiger partial charge in [0, 0.05) is 35.7 Å². The lowest BCUT2D eigenvalue weighted by molar-refractivity contribution is 0.0663. The minimum atomic E-state index is -1.32. The quantitative estimate of drug-likeness (QED) is 0.142. The van der Waals surface area contributed by atoms with Crippen molar-refractivity contribution in [3.63, 3.8) is 0 Å². The number of fused-ring (bicyclic) bond motifs is 2. The van der Waals surface area contributed by atoms with Crippen molar-refractivity contribution in [2.24, 2.45) is 0 Å². The molecule has 0 spiro atoms. The number of ether oxygens (including phenoxy) is 2. The Bertz CT molecular complexity index is 2160. The van der Waals surface area contributed by atoms with Crippen molar-refractivity contribution in [3.8, 4) is 39.7 Å². The highest BCUT2D eigenvalue weighted by atomic mass is 16.5. The molecule has 2 aromatic heterocycles. The van der Waals surface area contributed by atoms with Gasteiger partial charge in [0.1, 0.15) is 39.6 Å². The second-order valence-corrected chi connectivity index (χ2v) is 10.7. The molecule has 9 heteroatoms. The number of carboxylic acids is 1. The number of benzene rings is 4. The van der Waals surface area contributed by atoms with Crippen LogP contribution in [0.3, 0.4) is 0 Å². The maximum absolute atomic E-state index is 13.8. The lowest BCUT2D eigenvalue weighted by Crippen LogP contribution is -2.10. The number of hydrogen-bond donors (Lipinski definition) is 2. The van der Waals surface area contributed by atoms with Gasteiger partial charge in [-0.1, -0.05) is 74.0 Å². The highest BCUT2D eigenvalue weighted by molar-refractivity contribution is 5.93. The van der Waals surface area contributed by atoms with Crippen molar-refractivity contribution >= 4 is 27.9 Å². The summed E-state index contributed by atoms with van der Waals surface area (Å²) in [4.78, 5) is 37.7. The Morgan fingerprint density at radius 1 is 0.826 bits per heavy atom. The maximum Gasteiger partial charge on any atom is 0.371 e. The number of aromatic hydroxyl groups is 1. The van der Waals surface area contributed by atoms with Crippen LogP contribution in [0, 0.1) is 0 Å². The third-order valence-electron chi connectivity index (χ3n) is 7.53. The highest BCUT2D eigenvalue weighted by Crippen LogP contribution is 2.37. The van der Waals surface area contributed by atoms with E-state index in [0.717, 1.165) is 18.1 Å². The Labute approximate surface area is 262 Å². The average Bonchev–Trinajstić information content (AvgIpc) is 3.05. The van der Waals surface area contributed by atoms with Crippen molar-refractivity contribution in [1.82, 2.24) is 0 Å². The molecule has 2 heterocycles. The van der Waals surface area contributed by atoms with Gasteiger partial charge < -0.3 is 28.5 Å². The molecule has 0 bridgehead atoms. The predicted molar refractivity (Wildman–Crippen MR) is 174 cm³/mol. The van der Waals surface area contributed by atoms with Crippen molar-refractivity contribution in [1.29, 1.82) is 0 Å².